The fourth-order valence-electron chi connectivity index (χ4n) is 2.61. The van der Waals surface area contributed by atoms with Crippen LogP contribution in [0, 0.1) is 5.92 Å². The Hall–Kier alpha value is -0.290. The molecule has 2 heterocycles. The first-order chi connectivity index (χ1) is 9.69. The lowest BCUT2D eigenvalue weighted by molar-refractivity contribution is -0.132. The summed E-state index contributed by atoms with van der Waals surface area (Å²) < 4.78 is 0. The molecular weight excluding hydrogens is 327 g/mol. The highest BCUT2D eigenvalue weighted by Gasteiger charge is 2.22. The van der Waals surface area contributed by atoms with Crippen molar-refractivity contribution in [2.24, 2.45) is 5.92 Å². The fraction of sp³-hybridized carbons (Fsp3) is 0.667. The standard InChI is InChI=1S/C15H23ClN2OS.ClH/c1-2-17-10-12-5-7-18(8-6-12)15(19)4-3-14-9-13(16)11-20-14;/h9,11-12,17H,2-8,10H2,1H3;1H. The topological polar surface area (TPSA) is 32.3 Å². The van der Waals surface area contributed by atoms with Gasteiger partial charge < -0.3 is 10.2 Å². The van der Waals surface area contributed by atoms with Gasteiger partial charge in [-0.3, -0.25) is 4.79 Å². The molecule has 21 heavy (non-hydrogen) atoms. The molecule has 6 heteroatoms. The highest BCUT2D eigenvalue weighted by Crippen LogP contribution is 2.22. The van der Waals surface area contributed by atoms with Crippen molar-refractivity contribution in [1.82, 2.24) is 10.2 Å². The van der Waals surface area contributed by atoms with Gasteiger partial charge in [-0.05, 0) is 44.3 Å². The largest absolute Gasteiger partial charge is 0.343 e. The van der Waals surface area contributed by atoms with Crippen LogP contribution < -0.4 is 5.32 Å². The normalized spacial score (nSPS) is 15.8. The van der Waals surface area contributed by atoms with E-state index >= 15 is 0 Å². The van der Waals surface area contributed by atoms with E-state index < -0.39 is 0 Å². The van der Waals surface area contributed by atoms with Crippen molar-refractivity contribution >= 4 is 41.3 Å². The van der Waals surface area contributed by atoms with Crippen LogP contribution in [0.5, 0.6) is 0 Å². The van der Waals surface area contributed by atoms with Crippen LogP contribution in [0.3, 0.4) is 0 Å². The second-order valence-corrected chi connectivity index (χ2v) is 6.80. The van der Waals surface area contributed by atoms with Crippen LogP contribution in [-0.2, 0) is 11.2 Å². The van der Waals surface area contributed by atoms with Crippen molar-refractivity contribution in [3.05, 3.63) is 21.3 Å². The average Bonchev–Trinajstić information content (AvgIpc) is 2.89. The minimum atomic E-state index is 0. The van der Waals surface area contributed by atoms with E-state index in [1.165, 1.54) is 4.88 Å². The highest BCUT2D eigenvalue weighted by molar-refractivity contribution is 7.10. The van der Waals surface area contributed by atoms with E-state index in [2.05, 4.69) is 12.2 Å². The Kier molecular flexibility index (Phi) is 8.64. The van der Waals surface area contributed by atoms with Crippen molar-refractivity contribution in [2.45, 2.75) is 32.6 Å². The second kappa shape index (κ2) is 9.67. The molecule has 1 N–H and O–H groups in total. The molecule has 1 aliphatic heterocycles. The second-order valence-electron chi connectivity index (χ2n) is 5.36. The zero-order chi connectivity index (χ0) is 14.4. The summed E-state index contributed by atoms with van der Waals surface area (Å²) in [4.78, 5) is 15.4. The maximum absolute atomic E-state index is 12.2. The fourth-order valence-corrected chi connectivity index (χ4v) is 3.69. The molecule has 0 radical (unpaired) electrons. The number of halogens is 2. The number of amides is 1. The predicted octanol–water partition coefficient (Wildman–Crippen LogP) is 3.60. The number of aryl methyl sites for hydroxylation is 1. The molecule has 0 aliphatic carbocycles. The van der Waals surface area contributed by atoms with E-state index in [-0.39, 0.29) is 18.3 Å². The summed E-state index contributed by atoms with van der Waals surface area (Å²) in [6, 6.07) is 1.96. The average molecular weight is 351 g/mol. The quantitative estimate of drug-likeness (QED) is 0.849. The molecule has 1 aliphatic rings. The van der Waals surface area contributed by atoms with Crippen LogP contribution in [0.15, 0.2) is 11.4 Å². The third-order valence-corrected chi connectivity index (χ3v) is 5.20. The molecule has 1 aromatic heterocycles. The first kappa shape index (κ1) is 18.8. The molecule has 1 aromatic rings. The molecule has 2 rings (SSSR count). The van der Waals surface area contributed by atoms with Crippen molar-refractivity contribution in [3.63, 3.8) is 0 Å². The van der Waals surface area contributed by atoms with Crippen LogP contribution in [0.1, 0.15) is 31.1 Å². The molecular formula is C15H24Cl2N2OS. The lowest BCUT2D eigenvalue weighted by atomic mass is 9.96. The van der Waals surface area contributed by atoms with Gasteiger partial charge in [0.25, 0.3) is 0 Å². The molecule has 0 aromatic carbocycles. The summed E-state index contributed by atoms with van der Waals surface area (Å²) >= 11 is 7.53. The molecule has 0 spiro atoms. The van der Waals surface area contributed by atoms with E-state index in [9.17, 15) is 4.79 Å². The summed E-state index contributed by atoms with van der Waals surface area (Å²) in [6.07, 6.45) is 3.68. The molecule has 0 bridgehead atoms. The molecule has 1 saturated heterocycles. The number of hydrogen-bond donors (Lipinski definition) is 1. The zero-order valence-corrected chi connectivity index (χ0v) is 14.8. The number of nitrogens with one attached hydrogen (secondary N) is 1. The SMILES string of the molecule is CCNCC1CCN(C(=O)CCc2cc(Cl)cs2)CC1.Cl. The van der Waals surface area contributed by atoms with E-state index in [1.54, 1.807) is 11.3 Å². The Balaban J connectivity index is 0.00000220. The first-order valence-electron chi connectivity index (χ1n) is 7.40. The van der Waals surface area contributed by atoms with Gasteiger partial charge >= 0.3 is 0 Å². The summed E-state index contributed by atoms with van der Waals surface area (Å²) in [5.41, 5.74) is 0. The summed E-state index contributed by atoms with van der Waals surface area (Å²) in [5.74, 6) is 1.02. The molecule has 1 amide bonds. The van der Waals surface area contributed by atoms with E-state index in [0.29, 0.717) is 6.42 Å². The Morgan fingerprint density at radius 2 is 2.19 bits per heavy atom. The number of carbonyl (C=O) groups excluding carboxylic acids is 1. The van der Waals surface area contributed by atoms with Crippen molar-refractivity contribution in [3.8, 4) is 0 Å². The highest BCUT2D eigenvalue weighted by atomic mass is 35.5. The van der Waals surface area contributed by atoms with E-state index in [1.807, 2.05) is 16.3 Å². The number of hydrogen-bond acceptors (Lipinski definition) is 3. The van der Waals surface area contributed by atoms with Gasteiger partial charge in [0.2, 0.25) is 5.91 Å². The Morgan fingerprint density at radius 1 is 1.48 bits per heavy atom. The van der Waals surface area contributed by atoms with Crippen LogP contribution in [0.2, 0.25) is 5.02 Å². The number of likely N-dealkylation sites (tertiary alicyclic amines) is 1. The van der Waals surface area contributed by atoms with Crippen LogP contribution >= 0.6 is 35.3 Å². The van der Waals surface area contributed by atoms with Gasteiger partial charge in [-0.1, -0.05) is 18.5 Å². The summed E-state index contributed by atoms with van der Waals surface area (Å²) in [5, 5.41) is 6.10. The lowest BCUT2D eigenvalue weighted by Gasteiger charge is -2.32. The van der Waals surface area contributed by atoms with Crippen LogP contribution in [0.25, 0.3) is 0 Å². The van der Waals surface area contributed by atoms with E-state index in [0.717, 1.165) is 56.4 Å². The smallest absolute Gasteiger partial charge is 0.222 e. The van der Waals surface area contributed by atoms with Gasteiger partial charge in [0.15, 0.2) is 0 Å². The minimum Gasteiger partial charge on any atom is -0.343 e. The van der Waals surface area contributed by atoms with E-state index in [4.69, 9.17) is 11.6 Å². The molecule has 1 fully saturated rings. The van der Waals surface area contributed by atoms with Crippen molar-refractivity contribution < 1.29 is 4.79 Å². The predicted molar refractivity (Wildman–Crippen MR) is 92.7 cm³/mol. The van der Waals surface area contributed by atoms with Crippen LogP contribution in [0.4, 0.5) is 0 Å². The lowest BCUT2D eigenvalue weighted by Crippen LogP contribution is -2.40. The van der Waals surface area contributed by atoms with Gasteiger partial charge in [0.1, 0.15) is 0 Å². The van der Waals surface area contributed by atoms with Gasteiger partial charge in [-0.2, -0.15) is 0 Å². The Bertz CT molecular complexity index is 431. The Labute approximate surface area is 142 Å². The number of carbonyl (C=O) groups is 1. The number of nitrogens with zero attached hydrogens (tertiary/aromatic N) is 1. The molecule has 3 nitrogen and oxygen atoms in total. The zero-order valence-electron chi connectivity index (χ0n) is 12.4. The number of rotatable bonds is 6. The monoisotopic (exact) mass is 350 g/mol. The molecule has 0 saturated carbocycles. The maximum atomic E-state index is 12.2. The summed E-state index contributed by atoms with van der Waals surface area (Å²) in [7, 11) is 0. The molecule has 0 atom stereocenters. The summed E-state index contributed by atoms with van der Waals surface area (Å²) in [6.45, 7) is 6.09. The third-order valence-electron chi connectivity index (χ3n) is 3.86. The molecule has 120 valence electrons. The Morgan fingerprint density at radius 3 is 2.76 bits per heavy atom. The van der Waals surface area contributed by atoms with Crippen molar-refractivity contribution in [2.75, 3.05) is 26.2 Å². The molecule has 0 unspecified atom stereocenters. The van der Waals surface area contributed by atoms with Gasteiger partial charge in [-0.15, -0.1) is 23.7 Å². The van der Waals surface area contributed by atoms with Gasteiger partial charge in [0, 0.05) is 29.8 Å². The van der Waals surface area contributed by atoms with Crippen LogP contribution in [-0.4, -0.2) is 37.0 Å². The number of piperidine rings is 1. The van der Waals surface area contributed by atoms with Gasteiger partial charge in [-0.25, -0.2) is 0 Å². The maximum Gasteiger partial charge on any atom is 0.222 e. The number of thiophene rings is 1. The third kappa shape index (κ3) is 6.15. The van der Waals surface area contributed by atoms with Gasteiger partial charge in [0.05, 0.1) is 5.02 Å². The van der Waals surface area contributed by atoms with Crippen molar-refractivity contribution in [1.29, 1.82) is 0 Å². The first-order valence-corrected chi connectivity index (χ1v) is 8.66. The minimum absolute atomic E-state index is 0.